The van der Waals surface area contributed by atoms with Crippen molar-refractivity contribution in [3.8, 4) is 0 Å². The summed E-state index contributed by atoms with van der Waals surface area (Å²) < 4.78 is 26.8. The molecule has 1 saturated carbocycles. The highest BCUT2D eigenvalue weighted by atomic mass is 32.2. The summed E-state index contributed by atoms with van der Waals surface area (Å²) in [5.41, 5.74) is 1.17. The summed E-state index contributed by atoms with van der Waals surface area (Å²) in [6, 6.07) is 0.284. The molecule has 1 heterocycles. The molecule has 0 saturated heterocycles. The van der Waals surface area contributed by atoms with Gasteiger partial charge in [0.1, 0.15) is 4.90 Å². The smallest absolute Gasteiger partial charge is 0.246 e. The third kappa shape index (κ3) is 3.39. The van der Waals surface area contributed by atoms with Crippen LogP contribution in [-0.4, -0.2) is 42.6 Å². The van der Waals surface area contributed by atoms with E-state index in [1.54, 1.807) is 14.0 Å². The van der Waals surface area contributed by atoms with Crippen LogP contribution in [0.1, 0.15) is 38.1 Å². The van der Waals surface area contributed by atoms with Crippen molar-refractivity contribution in [1.82, 2.24) is 19.8 Å². The van der Waals surface area contributed by atoms with E-state index in [0.29, 0.717) is 35.3 Å². The monoisotopic (exact) mass is 300 g/mol. The van der Waals surface area contributed by atoms with Crippen molar-refractivity contribution in [3.63, 3.8) is 0 Å². The molecular formula is C13H24N4O2S. The Labute approximate surface area is 121 Å². The van der Waals surface area contributed by atoms with Gasteiger partial charge in [-0.15, -0.1) is 0 Å². The van der Waals surface area contributed by atoms with E-state index in [4.69, 9.17) is 0 Å². The molecule has 7 heteroatoms. The first kappa shape index (κ1) is 15.5. The minimum Gasteiger partial charge on any atom is -0.309 e. The summed E-state index contributed by atoms with van der Waals surface area (Å²) in [5.74, 6) is 0.527. The van der Waals surface area contributed by atoms with Gasteiger partial charge < -0.3 is 5.32 Å². The van der Waals surface area contributed by atoms with Crippen molar-refractivity contribution >= 4 is 10.0 Å². The van der Waals surface area contributed by atoms with Crippen molar-refractivity contribution in [1.29, 1.82) is 0 Å². The Bertz CT molecular complexity index is 561. The van der Waals surface area contributed by atoms with Gasteiger partial charge in [0.15, 0.2) is 0 Å². The van der Waals surface area contributed by atoms with Gasteiger partial charge in [-0.1, -0.05) is 13.8 Å². The van der Waals surface area contributed by atoms with Crippen molar-refractivity contribution in [2.45, 2.75) is 51.1 Å². The topological polar surface area (TPSA) is 78.1 Å². The molecule has 0 aromatic carbocycles. The van der Waals surface area contributed by atoms with Gasteiger partial charge in [0, 0.05) is 26.2 Å². The molecule has 2 N–H and O–H groups in total. The first-order valence-corrected chi connectivity index (χ1v) is 8.50. The zero-order valence-electron chi connectivity index (χ0n) is 12.6. The van der Waals surface area contributed by atoms with Crippen LogP contribution in [0.2, 0.25) is 0 Å². The summed E-state index contributed by atoms with van der Waals surface area (Å²) in [5, 5.41) is 10.1. The first-order valence-electron chi connectivity index (χ1n) is 7.06. The predicted molar refractivity (Wildman–Crippen MR) is 77.8 cm³/mol. The fourth-order valence-corrected chi connectivity index (χ4v) is 3.72. The molecule has 0 aliphatic heterocycles. The Morgan fingerprint density at radius 2 is 2.10 bits per heavy atom. The van der Waals surface area contributed by atoms with Gasteiger partial charge in [0.2, 0.25) is 10.0 Å². The molecule has 114 valence electrons. The maximum Gasteiger partial charge on any atom is 0.246 e. The molecule has 1 aliphatic carbocycles. The summed E-state index contributed by atoms with van der Waals surface area (Å²) in [4.78, 5) is 0.328. The van der Waals surface area contributed by atoms with E-state index in [2.05, 4.69) is 15.5 Å². The summed E-state index contributed by atoms with van der Waals surface area (Å²) in [6.07, 6.45) is 2.26. The average molecular weight is 300 g/mol. The van der Waals surface area contributed by atoms with E-state index < -0.39 is 10.0 Å². The number of hydrogen-bond acceptors (Lipinski definition) is 4. The van der Waals surface area contributed by atoms with E-state index in [1.807, 2.05) is 13.8 Å². The van der Waals surface area contributed by atoms with E-state index >= 15 is 0 Å². The zero-order valence-corrected chi connectivity index (χ0v) is 13.4. The number of H-pyrrole nitrogens is 1. The lowest BCUT2D eigenvalue weighted by Crippen LogP contribution is -2.31. The van der Waals surface area contributed by atoms with Gasteiger partial charge in [0.25, 0.3) is 0 Å². The maximum atomic E-state index is 12.7. The molecule has 0 amide bonds. The highest BCUT2D eigenvalue weighted by Crippen LogP contribution is 2.31. The van der Waals surface area contributed by atoms with Crippen LogP contribution in [0.25, 0.3) is 0 Å². The van der Waals surface area contributed by atoms with Gasteiger partial charge in [-0.2, -0.15) is 5.10 Å². The minimum absolute atomic E-state index is 0.284. The lowest BCUT2D eigenvalue weighted by molar-refractivity contribution is 0.451. The molecule has 6 nitrogen and oxygen atoms in total. The molecule has 20 heavy (non-hydrogen) atoms. The quantitative estimate of drug-likeness (QED) is 0.794. The fourth-order valence-electron chi connectivity index (χ4n) is 2.15. The number of rotatable bonds is 7. The Balaban J connectivity index is 2.22. The normalized spacial score (nSPS) is 16.3. The Morgan fingerprint density at radius 3 is 2.65 bits per heavy atom. The molecule has 0 atom stereocenters. The predicted octanol–water partition coefficient (Wildman–Crippen LogP) is 1.25. The second-order valence-electron chi connectivity index (χ2n) is 5.89. The number of hydrogen-bond donors (Lipinski definition) is 2. The lowest BCUT2D eigenvalue weighted by atomic mass is 10.3. The Kier molecular flexibility index (Phi) is 4.51. The van der Waals surface area contributed by atoms with Crippen molar-refractivity contribution < 1.29 is 8.42 Å². The maximum absolute atomic E-state index is 12.7. The van der Waals surface area contributed by atoms with E-state index in [9.17, 15) is 8.42 Å². The molecule has 1 aliphatic rings. The summed E-state index contributed by atoms with van der Waals surface area (Å²) in [7, 11) is -1.81. The van der Waals surface area contributed by atoms with Gasteiger partial charge in [-0.05, 0) is 25.7 Å². The van der Waals surface area contributed by atoms with Gasteiger partial charge in [0.05, 0.1) is 11.4 Å². The van der Waals surface area contributed by atoms with Crippen LogP contribution >= 0.6 is 0 Å². The van der Waals surface area contributed by atoms with Crippen LogP contribution in [-0.2, 0) is 16.6 Å². The summed E-state index contributed by atoms with van der Waals surface area (Å²) >= 11 is 0. The lowest BCUT2D eigenvalue weighted by Gasteiger charge is -2.17. The number of aromatic amines is 1. The van der Waals surface area contributed by atoms with E-state index in [0.717, 1.165) is 12.8 Å². The number of nitrogens with zero attached hydrogens (tertiary/aromatic N) is 2. The SMILES string of the molecule is Cc1[nH]nc(CNC(C)C)c1S(=O)(=O)N(C)CC1CC1. The summed E-state index contributed by atoms with van der Waals surface area (Å²) in [6.45, 7) is 6.85. The number of aryl methyl sites for hydroxylation is 1. The van der Waals surface area contributed by atoms with Crippen molar-refractivity contribution in [3.05, 3.63) is 11.4 Å². The Hall–Kier alpha value is -0.920. The standard InChI is InChI=1S/C13H24N4O2S/c1-9(2)14-7-12-13(10(3)15-16-12)20(18,19)17(4)8-11-5-6-11/h9,11,14H,5-8H2,1-4H3,(H,15,16). The third-order valence-corrected chi connectivity index (χ3v) is 5.55. The fraction of sp³-hybridized carbons (Fsp3) is 0.769. The molecule has 0 spiro atoms. The van der Waals surface area contributed by atoms with Crippen LogP contribution in [0.15, 0.2) is 4.90 Å². The van der Waals surface area contributed by atoms with Crippen LogP contribution in [0.4, 0.5) is 0 Å². The van der Waals surface area contributed by atoms with Crippen LogP contribution in [0.5, 0.6) is 0 Å². The highest BCUT2D eigenvalue weighted by Gasteiger charge is 2.32. The molecule has 2 rings (SSSR count). The van der Waals surface area contributed by atoms with Gasteiger partial charge in [-0.3, -0.25) is 5.10 Å². The zero-order chi connectivity index (χ0) is 14.9. The van der Waals surface area contributed by atoms with Gasteiger partial charge in [-0.25, -0.2) is 12.7 Å². The number of sulfonamides is 1. The van der Waals surface area contributed by atoms with E-state index in [1.165, 1.54) is 4.31 Å². The van der Waals surface area contributed by atoms with E-state index in [-0.39, 0.29) is 6.04 Å². The largest absolute Gasteiger partial charge is 0.309 e. The Morgan fingerprint density at radius 1 is 1.45 bits per heavy atom. The molecule has 0 bridgehead atoms. The molecule has 0 radical (unpaired) electrons. The average Bonchev–Trinajstić information content (AvgIpc) is 3.08. The second-order valence-corrected chi connectivity index (χ2v) is 7.87. The minimum atomic E-state index is -3.46. The third-order valence-electron chi connectivity index (χ3n) is 3.52. The van der Waals surface area contributed by atoms with Crippen LogP contribution in [0, 0.1) is 12.8 Å². The van der Waals surface area contributed by atoms with Crippen LogP contribution in [0.3, 0.4) is 0 Å². The molecule has 0 unspecified atom stereocenters. The second kappa shape index (κ2) is 5.83. The van der Waals surface area contributed by atoms with Gasteiger partial charge >= 0.3 is 0 Å². The number of aromatic nitrogens is 2. The molecule has 1 aromatic rings. The van der Waals surface area contributed by atoms with Crippen LogP contribution < -0.4 is 5.32 Å². The molecular weight excluding hydrogens is 276 g/mol. The number of nitrogens with one attached hydrogen (secondary N) is 2. The highest BCUT2D eigenvalue weighted by molar-refractivity contribution is 7.89. The van der Waals surface area contributed by atoms with Crippen molar-refractivity contribution in [2.75, 3.05) is 13.6 Å². The molecule has 1 aromatic heterocycles. The first-order chi connectivity index (χ1) is 9.32. The molecule has 1 fully saturated rings. The van der Waals surface area contributed by atoms with Crippen molar-refractivity contribution in [2.24, 2.45) is 5.92 Å².